The smallest absolute Gasteiger partial charge is 0.0889 e. The average molecular weight is 282 g/mol. The maximum atomic E-state index is 5.49. The molecule has 1 N–H and O–H groups in total. The Kier molecular flexibility index (Phi) is 9.15. The van der Waals surface area contributed by atoms with Crippen molar-refractivity contribution in [3.05, 3.63) is 29.6 Å². The maximum absolute atomic E-state index is 5.49. The van der Waals surface area contributed by atoms with Gasteiger partial charge >= 0.3 is 0 Å². The highest BCUT2D eigenvalue weighted by Crippen LogP contribution is 2.02. The first-order valence-electron chi connectivity index (χ1n) is 7.04. The maximum Gasteiger partial charge on any atom is 0.0889 e. The first-order chi connectivity index (χ1) is 9.72. The minimum Gasteiger partial charge on any atom is -0.382 e. The highest BCUT2D eigenvalue weighted by molar-refractivity contribution is 5.13. The van der Waals surface area contributed by atoms with Crippen molar-refractivity contribution < 1.29 is 14.2 Å². The van der Waals surface area contributed by atoms with Gasteiger partial charge < -0.3 is 19.5 Å². The molecule has 0 bridgehead atoms. The third kappa shape index (κ3) is 8.22. The average Bonchev–Trinajstić information content (AvgIpc) is 2.45. The van der Waals surface area contributed by atoms with Gasteiger partial charge in [-0.15, -0.1) is 0 Å². The molecule has 1 aromatic rings. The second-order valence-corrected chi connectivity index (χ2v) is 4.85. The fourth-order valence-corrected chi connectivity index (χ4v) is 1.51. The Hall–Kier alpha value is -1.01. The highest BCUT2D eigenvalue weighted by Gasteiger charge is 1.98. The van der Waals surface area contributed by atoms with E-state index in [9.17, 15) is 0 Å². The van der Waals surface area contributed by atoms with Crippen LogP contribution in [0.1, 0.15) is 25.1 Å². The van der Waals surface area contributed by atoms with E-state index in [0.717, 1.165) is 12.2 Å². The Balaban J connectivity index is 2.12. The highest BCUT2D eigenvalue weighted by atomic mass is 16.5. The van der Waals surface area contributed by atoms with E-state index in [-0.39, 0.29) is 0 Å². The molecule has 0 atom stereocenters. The SMILES string of the molecule is COCCOCCOCc1ccc(CNC(C)C)cn1. The molecule has 1 aromatic heterocycles. The Morgan fingerprint density at radius 2 is 1.85 bits per heavy atom. The molecule has 0 aliphatic rings. The number of aromatic nitrogens is 1. The lowest BCUT2D eigenvalue weighted by Gasteiger charge is -2.08. The molecular formula is C15H26N2O3. The van der Waals surface area contributed by atoms with E-state index in [2.05, 4.69) is 30.2 Å². The zero-order valence-electron chi connectivity index (χ0n) is 12.7. The lowest BCUT2D eigenvalue weighted by molar-refractivity contribution is 0.0192. The summed E-state index contributed by atoms with van der Waals surface area (Å²) in [5, 5.41) is 3.36. The van der Waals surface area contributed by atoms with Crippen molar-refractivity contribution in [2.45, 2.75) is 33.0 Å². The lowest BCUT2D eigenvalue weighted by Crippen LogP contribution is -2.21. The van der Waals surface area contributed by atoms with Gasteiger partial charge in [-0.2, -0.15) is 0 Å². The van der Waals surface area contributed by atoms with Gasteiger partial charge in [-0.1, -0.05) is 19.9 Å². The van der Waals surface area contributed by atoms with Crippen molar-refractivity contribution in [1.82, 2.24) is 10.3 Å². The lowest BCUT2D eigenvalue weighted by atomic mass is 10.2. The molecular weight excluding hydrogens is 256 g/mol. The second kappa shape index (κ2) is 10.7. The number of hydrogen-bond donors (Lipinski definition) is 1. The molecule has 0 aromatic carbocycles. The molecule has 20 heavy (non-hydrogen) atoms. The first kappa shape index (κ1) is 17.0. The van der Waals surface area contributed by atoms with Crippen LogP contribution in [0.15, 0.2) is 18.3 Å². The third-order valence-corrected chi connectivity index (χ3v) is 2.65. The first-order valence-corrected chi connectivity index (χ1v) is 7.04. The summed E-state index contributed by atoms with van der Waals surface area (Å²) in [7, 11) is 1.66. The summed E-state index contributed by atoms with van der Waals surface area (Å²) in [4.78, 5) is 4.38. The number of methoxy groups -OCH3 is 1. The topological polar surface area (TPSA) is 52.6 Å². The number of rotatable bonds is 11. The van der Waals surface area contributed by atoms with E-state index < -0.39 is 0 Å². The van der Waals surface area contributed by atoms with Gasteiger partial charge in [0, 0.05) is 25.9 Å². The monoisotopic (exact) mass is 282 g/mol. The molecule has 0 aliphatic heterocycles. The summed E-state index contributed by atoms with van der Waals surface area (Å²) < 4.78 is 15.7. The van der Waals surface area contributed by atoms with Crippen molar-refractivity contribution in [2.75, 3.05) is 33.5 Å². The second-order valence-electron chi connectivity index (χ2n) is 4.85. The Labute approximate surface area is 121 Å². The minimum absolute atomic E-state index is 0.483. The summed E-state index contributed by atoms with van der Waals surface area (Å²) in [5.41, 5.74) is 2.13. The van der Waals surface area contributed by atoms with Gasteiger partial charge in [0.15, 0.2) is 0 Å². The number of hydrogen-bond acceptors (Lipinski definition) is 5. The van der Waals surface area contributed by atoms with E-state index in [4.69, 9.17) is 14.2 Å². The normalized spacial score (nSPS) is 11.2. The fraction of sp³-hybridized carbons (Fsp3) is 0.667. The van der Waals surface area contributed by atoms with E-state index in [1.807, 2.05) is 12.3 Å². The van der Waals surface area contributed by atoms with Crippen LogP contribution >= 0.6 is 0 Å². The van der Waals surface area contributed by atoms with Crippen molar-refractivity contribution in [1.29, 1.82) is 0 Å². The Morgan fingerprint density at radius 1 is 1.10 bits per heavy atom. The number of nitrogens with one attached hydrogen (secondary N) is 1. The van der Waals surface area contributed by atoms with E-state index in [0.29, 0.717) is 39.1 Å². The van der Waals surface area contributed by atoms with Gasteiger partial charge in [0.1, 0.15) is 0 Å². The van der Waals surface area contributed by atoms with Crippen molar-refractivity contribution >= 4 is 0 Å². The van der Waals surface area contributed by atoms with E-state index in [1.54, 1.807) is 7.11 Å². The van der Waals surface area contributed by atoms with Crippen molar-refractivity contribution in [2.24, 2.45) is 0 Å². The van der Waals surface area contributed by atoms with Crippen LogP contribution in [-0.2, 0) is 27.4 Å². The molecule has 0 fully saturated rings. The zero-order valence-corrected chi connectivity index (χ0v) is 12.7. The molecule has 0 saturated carbocycles. The standard InChI is InChI=1S/C15H26N2O3/c1-13(2)16-10-14-4-5-15(17-11-14)12-20-9-8-19-7-6-18-3/h4-5,11,13,16H,6-10,12H2,1-3H3. The quantitative estimate of drug-likeness (QED) is 0.627. The van der Waals surface area contributed by atoms with Crippen LogP contribution in [0.5, 0.6) is 0 Å². The largest absolute Gasteiger partial charge is 0.382 e. The van der Waals surface area contributed by atoms with Gasteiger partial charge in [-0.05, 0) is 11.6 Å². The van der Waals surface area contributed by atoms with Crippen LogP contribution in [0.4, 0.5) is 0 Å². The van der Waals surface area contributed by atoms with Gasteiger partial charge in [0.05, 0.1) is 38.7 Å². The van der Waals surface area contributed by atoms with Gasteiger partial charge in [0.25, 0.3) is 0 Å². The van der Waals surface area contributed by atoms with Crippen LogP contribution in [0.2, 0.25) is 0 Å². The number of nitrogens with zero attached hydrogens (tertiary/aromatic N) is 1. The minimum atomic E-state index is 0.483. The molecule has 5 nitrogen and oxygen atoms in total. The molecule has 0 unspecified atom stereocenters. The van der Waals surface area contributed by atoms with Crippen LogP contribution in [0.3, 0.4) is 0 Å². The molecule has 1 rings (SSSR count). The summed E-state index contributed by atoms with van der Waals surface area (Å²) in [6.07, 6.45) is 1.89. The molecule has 0 saturated heterocycles. The van der Waals surface area contributed by atoms with Crippen molar-refractivity contribution in [3.8, 4) is 0 Å². The number of ether oxygens (including phenoxy) is 3. The van der Waals surface area contributed by atoms with Crippen LogP contribution < -0.4 is 5.32 Å². The molecule has 114 valence electrons. The van der Waals surface area contributed by atoms with Gasteiger partial charge in [-0.3, -0.25) is 4.98 Å². The summed E-state index contributed by atoms with van der Waals surface area (Å²) in [6, 6.07) is 4.57. The summed E-state index contributed by atoms with van der Waals surface area (Å²) in [6.45, 7) is 8.00. The Bertz CT molecular complexity index is 341. The van der Waals surface area contributed by atoms with E-state index in [1.165, 1.54) is 5.56 Å². The van der Waals surface area contributed by atoms with Crippen LogP contribution in [-0.4, -0.2) is 44.6 Å². The third-order valence-electron chi connectivity index (χ3n) is 2.65. The van der Waals surface area contributed by atoms with Gasteiger partial charge in [-0.25, -0.2) is 0 Å². The van der Waals surface area contributed by atoms with E-state index >= 15 is 0 Å². The number of pyridine rings is 1. The predicted molar refractivity (Wildman–Crippen MR) is 78.6 cm³/mol. The van der Waals surface area contributed by atoms with Crippen LogP contribution in [0.25, 0.3) is 0 Å². The molecule has 0 aliphatic carbocycles. The summed E-state index contributed by atoms with van der Waals surface area (Å²) in [5.74, 6) is 0. The van der Waals surface area contributed by atoms with Gasteiger partial charge in [0.2, 0.25) is 0 Å². The zero-order chi connectivity index (χ0) is 14.6. The molecule has 0 spiro atoms. The fourth-order valence-electron chi connectivity index (χ4n) is 1.51. The predicted octanol–water partition coefficient (Wildman–Crippen LogP) is 1.76. The molecule has 5 heteroatoms. The molecule has 0 radical (unpaired) electrons. The van der Waals surface area contributed by atoms with Crippen LogP contribution in [0, 0.1) is 0 Å². The Morgan fingerprint density at radius 3 is 2.50 bits per heavy atom. The molecule has 1 heterocycles. The van der Waals surface area contributed by atoms with Crippen molar-refractivity contribution in [3.63, 3.8) is 0 Å². The molecule has 0 amide bonds. The summed E-state index contributed by atoms with van der Waals surface area (Å²) >= 11 is 0.